The van der Waals surface area contributed by atoms with Crippen molar-refractivity contribution >= 4 is 52.2 Å². The molecule has 3 unspecified atom stereocenters. The summed E-state index contributed by atoms with van der Waals surface area (Å²) < 4.78 is 23.3. The van der Waals surface area contributed by atoms with E-state index in [1.54, 1.807) is 19.1 Å². The van der Waals surface area contributed by atoms with E-state index in [9.17, 15) is 24.4 Å². The number of hydrogen-bond acceptors (Lipinski definition) is 7. The second kappa shape index (κ2) is 12.2. The Morgan fingerprint density at radius 2 is 1.79 bits per heavy atom. The molecule has 0 aliphatic rings. The van der Waals surface area contributed by atoms with Gasteiger partial charge in [-0.05, 0) is 93.9 Å². The van der Waals surface area contributed by atoms with E-state index in [2.05, 4.69) is 37.2 Å². The molecule has 0 bridgehead atoms. The summed E-state index contributed by atoms with van der Waals surface area (Å²) in [6.07, 6.45) is 0.378. The molecule has 34 heavy (non-hydrogen) atoms. The van der Waals surface area contributed by atoms with Gasteiger partial charge in [-0.2, -0.15) is 0 Å². The lowest BCUT2D eigenvalue weighted by atomic mass is 10.0. The Bertz CT molecular complexity index is 1050. The Hall–Kier alpha value is -1.87. The lowest BCUT2D eigenvalue weighted by molar-refractivity contribution is -0.145. The van der Waals surface area contributed by atoms with Gasteiger partial charge in [0.25, 0.3) is 5.91 Å². The summed E-state index contributed by atoms with van der Waals surface area (Å²) in [7, 11) is -1.48. The minimum Gasteiger partial charge on any atom is -0.507 e. The van der Waals surface area contributed by atoms with Crippen molar-refractivity contribution in [2.24, 2.45) is 5.92 Å². The third kappa shape index (κ3) is 7.31. The molecule has 2 rings (SSSR count). The van der Waals surface area contributed by atoms with E-state index in [1.165, 1.54) is 25.1 Å². The fourth-order valence-electron chi connectivity index (χ4n) is 3.06. The summed E-state index contributed by atoms with van der Waals surface area (Å²) in [4.78, 5) is 25.1. The van der Waals surface area contributed by atoms with Gasteiger partial charge in [0.15, 0.2) is 5.75 Å². The molecule has 3 N–H and O–H groups in total. The maximum atomic E-state index is 12.9. The fraction of sp³-hybridized carbons (Fsp3) is 0.391. The van der Waals surface area contributed by atoms with Crippen molar-refractivity contribution in [2.45, 2.75) is 45.5 Å². The quantitative estimate of drug-likeness (QED) is 0.242. The molecule has 0 aromatic heterocycles. The van der Waals surface area contributed by atoms with E-state index in [0.717, 1.165) is 0 Å². The highest BCUT2D eigenvalue weighted by atomic mass is 79.9. The molecule has 0 radical (unpaired) electrons. The van der Waals surface area contributed by atoms with Crippen molar-refractivity contribution in [3.05, 3.63) is 50.4 Å². The maximum Gasteiger partial charge on any atom is 0.328 e. The van der Waals surface area contributed by atoms with Gasteiger partial charge in [-0.15, -0.1) is 0 Å². The summed E-state index contributed by atoms with van der Waals surface area (Å²) in [5.41, 5.74) is 0.363. The highest BCUT2D eigenvalue weighted by Crippen LogP contribution is 2.42. The number of esters is 1. The molecule has 8 nitrogen and oxygen atoms in total. The van der Waals surface area contributed by atoms with Crippen molar-refractivity contribution < 1.29 is 33.8 Å². The summed E-state index contributed by atoms with van der Waals surface area (Å²) in [5, 5.41) is 21.7. The topological polar surface area (TPSA) is 122 Å². The molecular weight excluding hydrogens is 593 g/mol. The van der Waals surface area contributed by atoms with Crippen LogP contribution in [0.15, 0.2) is 39.3 Å². The molecule has 0 fully saturated rings. The van der Waals surface area contributed by atoms with Gasteiger partial charge in [0.2, 0.25) is 0 Å². The highest BCUT2D eigenvalue weighted by molar-refractivity contribution is 9.11. The SMILES string of the molecule is CCOC(=O)C(CC(C)C)NC(=O)c1cc(Oc2c(Br)cc(C(C)(O)[PH2]=O)cc2Br)ccc1O. The molecule has 0 aliphatic heterocycles. The predicted molar refractivity (Wildman–Crippen MR) is 137 cm³/mol. The van der Waals surface area contributed by atoms with Crippen LogP contribution in [-0.2, 0) is 19.4 Å². The molecule has 2 aromatic rings. The average Bonchev–Trinajstić information content (AvgIpc) is 2.76. The maximum absolute atomic E-state index is 12.9. The molecule has 0 heterocycles. The van der Waals surface area contributed by atoms with Gasteiger partial charge >= 0.3 is 5.97 Å². The predicted octanol–water partition coefficient (Wildman–Crippen LogP) is 5.34. The normalized spacial score (nSPS) is 14.1. The first-order valence-electron chi connectivity index (χ1n) is 10.6. The van der Waals surface area contributed by atoms with Gasteiger partial charge in [0.05, 0.1) is 29.6 Å². The molecule has 2 aromatic carbocycles. The highest BCUT2D eigenvalue weighted by Gasteiger charge is 2.26. The van der Waals surface area contributed by atoms with Crippen molar-refractivity contribution in [2.75, 3.05) is 6.61 Å². The molecule has 11 heteroatoms. The van der Waals surface area contributed by atoms with Gasteiger partial charge < -0.3 is 29.6 Å². The van der Waals surface area contributed by atoms with Crippen molar-refractivity contribution in [3.8, 4) is 17.2 Å². The van der Waals surface area contributed by atoms with E-state index in [1.807, 2.05) is 13.8 Å². The number of hydrogen-bond donors (Lipinski definition) is 3. The molecular formula is C23H28Br2NO7P. The molecule has 0 saturated carbocycles. The van der Waals surface area contributed by atoms with Crippen LogP contribution in [0.4, 0.5) is 0 Å². The number of phenolic OH excluding ortho intramolecular Hbond substituents is 1. The van der Waals surface area contributed by atoms with E-state index < -0.39 is 31.7 Å². The van der Waals surface area contributed by atoms with Gasteiger partial charge in [0, 0.05) is 0 Å². The minimum atomic E-state index is -1.48. The summed E-state index contributed by atoms with van der Waals surface area (Å²) in [6.45, 7) is 7.17. The Morgan fingerprint density at radius 3 is 2.32 bits per heavy atom. The van der Waals surface area contributed by atoms with Crippen molar-refractivity contribution in [3.63, 3.8) is 0 Å². The molecule has 0 aliphatic carbocycles. The lowest BCUT2D eigenvalue weighted by Gasteiger charge is -2.20. The first kappa shape index (κ1) is 28.4. The van der Waals surface area contributed by atoms with Gasteiger partial charge in [0.1, 0.15) is 22.9 Å². The Balaban J connectivity index is 2.32. The second-order valence-electron chi connectivity index (χ2n) is 8.22. The first-order valence-corrected chi connectivity index (χ1v) is 13.2. The third-order valence-electron chi connectivity index (χ3n) is 4.83. The number of carbonyl (C=O) groups is 2. The van der Waals surface area contributed by atoms with Gasteiger partial charge in [-0.25, -0.2) is 4.79 Å². The van der Waals surface area contributed by atoms with E-state index >= 15 is 0 Å². The van der Waals surface area contributed by atoms with Crippen LogP contribution in [0, 0.1) is 5.92 Å². The number of nitrogens with one attached hydrogen (secondary N) is 1. The zero-order valence-corrected chi connectivity index (χ0v) is 23.6. The Morgan fingerprint density at radius 1 is 1.18 bits per heavy atom. The number of rotatable bonds is 10. The summed E-state index contributed by atoms with van der Waals surface area (Å²) >= 11 is 6.77. The van der Waals surface area contributed by atoms with Crippen molar-refractivity contribution in [1.82, 2.24) is 5.32 Å². The number of aromatic hydroxyl groups is 1. The summed E-state index contributed by atoms with van der Waals surface area (Å²) in [6, 6.07) is 6.47. The van der Waals surface area contributed by atoms with Crippen LogP contribution in [0.1, 0.15) is 50.0 Å². The zero-order chi connectivity index (χ0) is 25.6. The first-order chi connectivity index (χ1) is 15.9. The molecule has 0 saturated heterocycles. The second-order valence-corrected chi connectivity index (χ2v) is 11.3. The number of amides is 1. The number of aliphatic hydroxyl groups is 1. The zero-order valence-electron chi connectivity index (χ0n) is 19.2. The smallest absolute Gasteiger partial charge is 0.328 e. The van der Waals surface area contributed by atoms with Crippen LogP contribution in [0.2, 0.25) is 0 Å². The minimum absolute atomic E-state index is 0.0719. The number of carbonyl (C=O) groups excluding carboxylic acids is 2. The van der Waals surface area contributed by atoms with E-state index in [4.69, 9.17) is 9.47 Å². The fourth-order valence-corrected chi connectivity index (χ4v) is 4.71. The average molecular weight is 621 g/mol. The van der Waals surface area contributed by atoms with E-state index in [0.29, 0.717) is 26.7 Å². The van der Waals surface area contributed by atoms with Gasteiger partial charge in [-0.1, -0.05) is 13.8 Å². The molecule has 1 amide bonds. The number of benzene rings is 2. The van der Waals surface area contributed by atoms with Gasteiger partial charge in [-0.3, -0.25) is 4.79 Å². The number of ether oxygens (including phenoxy) is 2. The Kier molecular flexibility index (Phi) is 10.2. The molecule has 0 spiro atoms. The Labute approximate surface area is 216 Å². The van der Waals surface area contributed by atoms with Crippen molar-refractivity contribution in [1.29, 1.82) is 0 Å². The standard InChI is InChI=1S/C23H28Br2NO7P/c1-5-32-22(29)18(8-12(2)3)26-21(28)15-11-14(6-7-19(15)27)33-20-16(24)9-13(10-17(20)25)23(4,30)34-31/h6-7,9-12,18,27,30H,5,8,34H2,1-4H3,(H,26,28). The van der Waals surface area contributed by atoms with Crippen LogP contribution >= 0.6 is 40.3 Å². The van der Waals surface area contributed by atoms with Crippen LogP contribution in [0.25, 0.3) is 0 Å². The number of halogens is 2. The largest absolute Gasteiger partial charge is 0.507 e. The third-order valence-corrected chi connectivity index (χ3v) is 6.80. The van der Waals surface area contributed by atoms with E-state index in [-0.39, 0.29) is 29.6 Å². The van der Waals surface area contributed by atoms with Crippen LogP contribution < -0.4 is 10.1 Å². The molecule has 3 atom stereocenters. The van der Waals surface area contributed by atoms with Crippen LogP contribution in [0.5, 0.6) is 17.2 Å². The summed E-state index contributed by atoms with van der Waals surface area (Å²) in [5.74, 6) is -0.749. The number of phenols is 1. The lowest BCUT2D eigenvalue weighted by Crippen LogP contribution is -2.42. The molecule has 186 valence electrons. The van der Waals surface area contributed by atoms with Crippen LogP contribution in [0.3, 0.4) is 0 Å². The van der Waals surface area contributed by atoms with Crippen LogP contribution in [-0.4, -0.2) is 34.7 Å². The monoisotopic (exact) mass is 619 g/mol.